The first kappa shape index (κ1) is 16.7. The average Bonchev–Trinajstić information content (AvgIpc) is 2.49. The van der Waals surface area contributed by atoms with E-state index in [1.165, 1.54) is 23.1 Å². The van der Waals surface area contributed by atoms with E-state index in [1.807, 2.05) is 6.92 Å². The molecule has 0 fully saturated rings. The van der Waals surface area contributed by atoms with Crippen LogP contribution < -0.4 is 20.7 Å². The third-order valence-corrected chi connectivity index (χ3v) is 3.32. The van der Waals surface area contributed by atoms with Gasteiger partial charge < -0.3 is 15.8 Å². The second-order valence-corrected chi connectivity index (χ2v) is 5.29. The number of benzene rings is 1. The van der Waals surface area contributed by atoms with E-state index < -0.39 is 10.8 Å². The molecule has 9 nitrogen and oxygen atoms in total. The zero-order valence-electron chi connectivity index (χ0n) is 12.7. The molecule has 0 aliphatic carbocycles. The van der Waals surface area contributed by atoms with E-state index in [1.54, 1.807) is 0 Å². The van der Waals surface area contributed by atoms with Gasteiger partial charge in [0.15, 0.2) is 6.61 Å². The van der Waals surface area contributed by atoms with Gasteiger partial charge in [-0.1, -0.05) is 0 Å². The predicted molar refractivity (Wildman–Crippen MR) is 82.2 cm³/mol. The Morgan fingerprint density at radius 2 is 2.30 bits per heavy atom. The van der Waals surface area contributed by atoms with E-state index in [0.29, 0.717) is 18.7 Å². The van der Waals surface area contributed by atoms with Gasteiger partial charge in [-0.2, -0.15) is 0 Å². The minimum absolute atomic E-state index is 0.0382. The van der Waals surface area contributed by atoms with Gasteiger partial charge in [0.1, 0.15) is 12.3 Å². The van der Waals surface area contributed by atoms with E-state index in [4.69, 9.17) is 10.5 Å². The third-order valence-electron chi connectivity index (χ3n) is 3.32. The number of non-ortho nitro benzene ring substituents is 1. The Balaban J connectivity index is 2.12. The van der Waals surface area contributed by atoms with Crippen molar-refractivity contribution in [1.29, 1.82) is 0 Å². The van der Waals surface area contributed by atoms with Crippen LogP contribution in [-0.4, -0.2) is 42.5 Å². The van der Waals surface area contributed by atoms with Crippen molar-refractivity contribution in [3.05, 3.63) is 28.3 Å². The Kier molecular flexibility index (Phi) is 5.12. The molecule has 0 bridgehead atoms. The number of rotatable bonds is 6. The molecule has 1 aromatic carbocycles. The minimum Gasteiger partial charge on any atom is -0.482 e. The van der Waals surface area contributed by atoms with Crippen molar-refractivity contribution in [2.24, 2.45) is 5.73 Å². The lowest BCUT2D eigenvalue weighted by atomic mass is 10.2. The standard InChI is InChI=1S/C14H18N4O5/c1-9(15)4-5-16-13(19)7-17-11-6-10(18(21)22)2-3-12(11)23-8-14(17)20/h2-3,6,9H,4-5,7-8,15H2,1H3,(H,16,19). The molecular weight excluding hydrogens is 304 g/mol. The van der Waals surface area contributed by atoms with Crippen LogP contribution in [0.4, 0.5) is 11.4 Å². The number of nitrogens with zero attached hydrogens (tertiary/aromatic N) is 2. The summed E-state index contributed by atoms with van der Waals surface area (Å²) >= 11 is 0. The van der Waals surface area contributed by atoms with Gasteiger partial charge in [-0.15, -0.1) is 0 Å². The van der Waals surface area contributed by atoms with Gasteiger partial charge in [-0.3, -0.25) is 24.6 Å². The predicted octanol–water partition coefficient (Wildman–Crippen LogP) is 0.174. The third kappa shape index (κ3) is 4.16. The first-order chi connectivity index (χ1) is 10.9. The second kappa shape index (κ2) is 7.05. The summed E-state index contributed by atoms with van der Waals surface area (Å²) in [5.41, 5.74) is 5.64. The maximum absolute atomic E-state index is 12.0. The second-order valence-electron chi connectivity index (χ2n) is 5.29. The zero-order valence-corrected chi connectivity index (χ0v) is 12.7. The monoisotopic (exact) mass is 322 g/mol. The van der Waals surface area contributed by atoms with Crippen molar-refractivity contribution in [2.75, 3.05) is 24.6 Å². The van der Waals surface area contributed by atoms with E-state index in [9.17, 15) is 19.7 Å². The molecule has 1 aromatic rings. The number of anilines is 1. The number of ether oxygens (including phenoxy) is 1. The van der Waals surface area contributed by atoms with Crippen LogP contribution in [-0.2, 0) is 9.59 Å². The van der Waals surface area contributed by atoms with Crippen molar-refractivity contribution >= 4 is 23.2 Å². The molecule has 1 heterocycles. The van der Waals surface area contributed by atoms with Crippen LogP contribution in [0.25, 0.3) is 0 Å². The van der Waals surface area contributed by atoms with E-state index >= 15 is 0 Å². The number of hydrogen-bond donors (Lipinski definition) is 2. The van der Waals surface area contributed by atoms with Gasteiger partial charge >= 0.3 is 0 Å². The average molecular weight is 322 g/mol. The molecule has 0 spiro atoms. The maximum atomic E-state index is 12.0. The fourth-order valence-corrected chi connectivity index (χ4v) is 2.12. The van der Waals surface area contributed by atoms with Crippen molar-refractivity contribution in [2.45, 2.75) is 19.4 Å². The number of carbonyl (C=O) groups is 2. The highest BCUT2D eigenvalue weighted by molar-refractivity contribution is 6.02. The molecule has 0 saturated heterocycles. The smallest absolute Gasteiger partial charge is 0.271 e. The summed E-state index contributed by atoms with van der Waals surface area (Å²) in [5.74, 6) is -0.461. The SMILES string of the molecule is CC(N)CCNC(=O)CN1C(=O)COc2ccc([N+](=O)[O-])cc21. The summed E-state index contributed by atoms with van der Waals surface area (Å²) in [5, 5.41) is 13.5. The number of hydrogen-bond acceptors (Lipinski definition) is 6. The molecule has 1 aliphatic rings. The first-order valence-electron chi connectivity index (χ1n) is 7.12. The van der Waals surface area contributed by atoms with Crippen molar-refractivity contribution in [3.8, 4) is 5.75 Å². The van der Waals surface area contributed by atoms with Gasteiger partial charge in [0, 0.05) is 24.7 Å². The van der Waals surface area contributed by atoms with Crippen LogP contribution in [0.3, 0.4) is 0 Å². The van der Waals surface area contributed by atoms with Crippen molar-refractivity contribution in [3.63, 3.8) is 0 Å². The molecule has 0 radical (unpaired) electrons. The number of fused-ring (bicyclic) bond motifs is 1. The molecule has 0 aromatic heterocycles. The lowest BCUT2D eigenvalue weighted by Crippen LogP contribution is -2.45. The molecule has 3 N–H and O–H groups in total. The van der Waals surface area contributed by atoms with Crippen LogP contribution in [0, 0.1) is 10.1 Å². The lowest BCUT2D eigenvalue weighted by Gasteiger charge is -2.28. The molecule has 2 amide bonds. The Bertz CT molecular complexity index is 632. The van der Waals surface area contributed by atoms with Crippen molar-refractivity contribution in [1.82, 2.24) is 5.32 Å². The summed E-state index contributed by atoms with van der Waals surface area (Å²) in [6, 6.07) is 3.89. The van der Waals surface area contributed by atoms with E-state index in [2.05, 4.69) is 5.32 Å². The van der Waals surface area contributed by atoms with Crippen LogP contribution >= 0.6 is 0 Å². The summed E-state index contributed by atoms with van der Waals surface area (Å²) in [4.78, 5) is 35.4. The van der Waals surface area contributed by atoms with Gasteiger partial charge in [0.25, 0.3) is 11.6 Å². The van der Waals surface area contributed by atoms with Gasteiger partial charge in [-0.25, -0.2) is 0 Å². The van der Waals surface area contributed by atoms with E-state index in [-0.39, 0.29) is 36.5 Å². The number of nitrogens with one attached hydrogen (secondary N) is 1. The lowest BCUT2D eigenvalue weighted by molar-refractivity contribution is -0.384. The van der Waals surface area contributed by atoms with Crippen LogP contribution in [0.2, 0.25) is 0 Å². The molecule has 2 rings (SSSR count). The number of amides is 2. The van der Waals surface area contributed by atoms with Gasteiger partial charge in [0.05, 0.1) is 10.6 Å². The summed E-state index contributed by atoms with van der Waals surface area (Å²) in [7, 11) is 0. The number of nitro groups is 1. The van der Waals surface area contributed by atoms with E-state index in [0.717, 1.165) is 0 Å². The van der Waals surface area contributed by atoms with Gasteiger partial charge in [0.2, 0.25) is 5.91 Å². The first-order valence-corrected chi connectivity index (χ1v) is 7.12. The normalized spacial score (nSPS) is 14.7. The fraction of sp³-hybridized carbons (Fsp3) is 0.429. The molecule has 124 valence electrons. The molecule has 1 unspecified atom stereocenters. The minimum atomic E-state index is -0.569. The number of nitrogens with two attached hydrogens (primary N) is 1. The zero-order chi connectivity index (χ0) is 17.0. The molecular formula is C14H18N4O5. The Morgan fingerprint density at radius 3 is 2.96 bits per heavy atom. The van der Waals surface area contributed by atoms with Crippen LogP contribution in [0.15, 0.2) is 18.2 Å². The fourth-order valence-electron chi connectivity index (χ4n) is 2.12. The van der Waals surface area contributed by atoms with Crippen LogP contribution in [0.1, 0.15) is 13.3 Å². The maximum Gasteiger partial charge on any atom is 0.271 e. The summed E-state index contributed by atoms with van der Waals surface area (Å²) in [6.45, 7) is 1.79. The molecule has 1 atom stereocenters. The highest BCUT2D eigenvalue weighted by Gasteiger charge is 2.29. The Hall–Kier alpha value is -2.68. The molecule has 0 saturated carbocycles. The van der Waals surface area contributed by atoms with Crippen molar-refractivity contribution < 1.29 is 19.2 Å². The summed E-state index contributed by atoms with van der Waals surface area (Å²) in [6.07, 6.45) is 0.616. The largest absolute Gasteiger partial charge is 0.482 e. The summed E-state index contributed by atoms with van der Waals surface area (Å²) < 4.78 is 5.23. The topological polar surface area (TPSA) is 128 Å². The Labute approximate surface area is 132 Å². The van der Waals surface area contributed by atoms with Crippen LogP contribution in [0.5, 0.6) is 5.75 Å². The molecule has 23 heavy (non-hydrogen) atoms. The highest BCUT2D eigenvalue weighted by Crippen LogP contribution is 2.34. The highest BCUT2D eigenvalue weighted by atomic mass is 16.6. The number of carbonyl (C=O) groups excluding carboxylic acids is 2. The quantitative estimate of drug-likeness (QED) is 0.568. The Morgan fingerprint density at radius 1 is 1.57 bits per heavy atom. The molecule has 1 aliphatic heterocycles. The van der Waals surface area contributed by atoms with Gasteiger partial charge in [-0.05, 0) is 19.4 Å². The molecule has 9 heteroatoms. The number of nitro benzene ring substituents is 1.